The minimum absolute atomic E-state index is 0.119. The van der Waals surface area contributed by atoms with Crippen LogP contribution in [-0.2, 0) is 4.79 Å². The van der Waals surface area contributed by atoms with Crippen LogP contribution in [0.15, 0.2) is 18.2 Å². The Kier molecular flexibility index (Phi) is 1.75. The summed E-state index contributed by atoms with van der Waals surface area (Å²) in [6, 6.07) is 5.54. The van der Waals surface area contributed by atoms with Crippen molar-refractivity contribution in [2.24, 2.45) is 11.8 Å². The summed E-state index contributed by atoms with van der Waals surface area (Å²) >= 11 is 0. The fraction of sp³-hybridized carbons (Fsp3) is 0.308. The third kappa shape index (κ3) is 1.13. The Morgan fingerprint density at radius 1 is 1.56 bits per heavy atom. The molecule has 0 amide bonds. The average molecular weight is 214 g/mol. The standard InChI is InChI=1S/C13H10O3/c1-2-7-3-4-8-10(5-7)16-6-9-11(8)12(9)13(14)15/h1,3-5,9,11-12H,6H2,(H,14,15)/t9-,11+,12?/m0/s1. The highest BCUT2D eigenvalue weighted by Gasteiger charge is 2.58. The van der Waals surface area contributed by atoms with Gasteiger partial charge in [-0.25, -0.2) is 0 Å². The molecule has 3 rings (SSSR count). The highest BCUT2D eigenvalue weighted by Crippen LogP contribution is 2.59. The van der Waals surface area contributed by atoms with E-state index in [0.29, 0.717) is 6.61 Å². The maximum Gasteiger partial charge on any atom is 0.307 e. The summed E-state index contributed by atoms with van der Waals surface area (Å²) in [5.74, 6) is 2.54. The Morgan fingerprint density at radius 2 is 2.38 bits per heavy atom. The number of hydrogen-bond acceptors (Lipinski definition) is 2. The molecule has 1 aromatic carbocycles. The van der Waals surface area contributed by atoms with Gasteiger partial charge in [-0.3, -0.25) is 4.79 Å². The molecule has 1 aliphatic carbocycles. The first kappa shape index (κ1) is 9.29. The van der Waals surface area contributed by atoms with E-state index in [1.807, 2.05) is 18.2 Å². The lowest BCUT2D eigenvalue weighted by molar-refractivity contribution is -0.139. The van der Waals surface area contributed by atoms with Gasteiger partial charge in [-0.05, 0) is 17.7 Å². The zero-order valence-electron chi connectivity index (χ0n) is 8.51. The molecule has 0 radical (unpaired) electrons. The van der Waals surface area contributed by atoms with Crippen molar-refractivity contribution >= 4 is 5.97 Å². The Bertz CT molecular complexity index is 512. The Hall–Kier alpha value is -1.95. The lowest BCUT2D eigenvalue weighted by Gasteiger charge is -2.16. The fourth-order valence-corrected chi connectivity index (χ4v) is 2.55. The first-order valence-electron chi connectivity index (χ1n) is 5.18. The van der Waals surface area contributed by atoms with E-state index >= 15 is 0 Å². The Balaban J connectivity index is 2.00. The predicted molar refractivity (Wildman–Crippen MR) is 57.2 cm³/mol. The molecule has 0 aromatic heterocycles. The van der Waals surface area contributed by atoms with Gasteiger partial charge in [0.15, 0.2) is 0 Å². The molecule has 1 unspecified atom stereocenters. The quantitative estimate of drug-likeness (QED) is 0.720. The minimum Gasteiger partial charge on any atom is -0.493 e. The second kappa shape index (κ2) is 3.02. The maximum atomic E-state index is 11.0. The van der Waals surface area contributed by atoms with E-state index in [-0.39, 0.29) is 17.8 Å². The van der Waals surface area contributed by atoms with Crippen LogP contribution >= 0.6 is 0 Å². The molecule has 3 atom stereocenters. The van der Waals surface area contributed by atoms with Crippen molar-refractivity contribution in [3.63, 3.8) is 0 Å². The van der Waals surface area contributed by atoms with Crippen molar-refractivity contribution in [1.29, 1.82) is 0 Å². The van der Waals surface area contributed by atoms with Crippen LogP contribution in [0.1, 0.15) is 17.0 Å². The van der Waals surface area contributed by atoms with Crippen molar-refractivity contribution in [2.45, 2.75) is 5.92 Å². The molecule has 16 heavy (non-hydrogen) atoms. The summed E-state index contributed by atoms with van der Waals surface area (Å²) in [5, 5.41) is 9.02. The van der Waals surface area contributed by atoms with Crippen molar-refractivity contribution in [3.05, 3.63) is 29.3 Å². The van der Waals surface area contributed by atoms with Crippen LogP contribution in [-0.4, -0.2) is 17.7 Å². The summed E-state index contributed by atoms with van der Waals surface area (Å²) in [4.78, 5) is 11.0. The van der Waals surface area contributed by atoms with Gasteiger partial charge in [-0.1, -0.05) is 12.0 Å². The molecule has 1 fully saturated rings. The van der Waals surface area contributed by atoms with E-state index in [9.17, 15) is 4.79 Å². The van der Waals surface area contributed by atoms with Crippen LogP contribution in [0.4, 0.5) is 0 Å². The molecule has 3 heteroatoms. The molecule has 1 saturated carbocycles. The summed E-state index contributed by atoms with van der Waals surface area (Å²) < 4.78 is 5.54. The largest absolute Gasteiger partial charge is 0.493 e. The third-order valence-electron chi connectivity index (χ3n) is 3.42. The molecule has 2 aliphatic rings. The molecule has 0 bridgehead atoms. The van der Waals surface area contributed by atoms with Gasteiger partial charge < -0.3 is 9.84 Å². The van der Waals surface area contributed by atoms with Gasteiger partial charge >= 0.3 is 5.97 Å². The number of ether oxygens (including phenoxy) is 1. The normalized spacial score (nSPS) is 29.3. The van der Waals surface area contributed by atoms with Gasteiger partial charge in [-0.2, -0.15) is 0 Å². The molecule has 80 valence electrons. The number of carboxylic acids is 1. The van der Waals surface area contributed by atoms with Gasteiger partial charge in [0.25, 0.3) is 0 Å². The first-order chi connectivity index (χ1) is 7.72. The highest BCUT2D eigenvalue weighted by atomic mass is 16.5. The second-order valence-corrected chi connectivity index (χ2v) is 4.26. The van der Waals surface area contributed by atoms with Crippen molar-refractivity contribution in [2.75, 3.05) is 6.61 Å². The van der Waals surface area contributed by atoms with Crippen LogP contribution in [0.25, 0.3) is 0 Å². The summed E-state index contributed by atoms with van der Waals surface area (Å²) in [6.45, 7) is 0.489. The number of benzene rings is 1. The molecular formula is C13H10O3. The summed E-state index contributed by atoms with van der Waals surface area (Å²) in [7, 11) is 0. The number of hydrogen-bond donors (Lipinski definition) is 1. The number of carboxylic acid groups (broad SMARTS) is 1. The van der Waals surface area contributed by atoms with Crippen LogP contribution in [0.2, 0.25) is 0 Å². The van der Waals surface area contributed by atoms with Gasteiger partial charge in [-0.15, -0.1) is 6.42 Å². The van der Waals surface area contributed by atoms with Gasteiger partial charge in [0.1, 0.15) is 5.75 Å². The number of rotatable bonds is 1. The zero-order valence-corrected chi connectivity index (χ0v) is 8.51. The van der Waals surface area contributed by atoms with E-state index in [1.54, 1.807) is 0 Å². The summed E-state index contributed by atoms with van der Waals surface area (Å²) in [5.41, 5.74) is 1.76. The molecule has 1 aliphatic heterocycles. The average Bonchev–Trinajstić information content (AvgIpc) is 3.02. The molecule has 3 nitrogen and oxygen atoms in total. The lowest BCUT2D eigenvalue weighted by Crippen LogP contribution is -2.09. The lowest BCUT2D eigenvalue weighted by atomic mass is 10.0. The van der Waals surface area contributed by atoms with E-state index < -0.39 is 5.97 Å². The predicted octanol–water partition coefficient (Wildman–Crippen LogP) is 1.47. The van der Waals surface area contributed by atoms with E-state index in [4.69, 9.17) is 16.3 Å². The number of fused-ring (bicyclic) bond motifs is 3. The Morgan fingerprint density at radius 3 is 3.06 bits per heavy atom. The maximum absolute atomic E-state index is 11.0. The SMILES string of the molecule is C#Cc1ccc2c(c1)OC[C@@H]1C(C(=O)O)[C@H]21. The molecule has 0 spiro atoms. The van der Waals surface area contributed by atoms with Crippen LogP contribution in [0, 0.1) is 24.2 Å². The minimum atomic E-state index is -0.729. The number of carbonyl (C=O) groups is 1. The first-order valence-corrected chi connectivity index (χ1v) is 5.18. The van der Waals surface area contributed by atoms with E-state index in [0.717, 1.165) is 16.9 Å². The summed E-state index contributed by atoms with van der Waals surface area (Å²) in [6.07, 6.45) is 5.30. The van der Waals surface area contributed by atoms with Crippen LogP contribution in [0.5, 0.6) is 5.75 Å². The fourth-order valence-electron chi connectivity index (χ4n) is 2.55. The molecular weight excluding hydrogens is 204 g/mol. The number of aliphatic carboxylic acids is 1. The third-order valence-corrected chi connectivity index (χ3v) is 3.42. The van der Waals surface area contributed by atoms with Gasteiger partial charge in [0.2, 0.25) is 0 Å². The Labute approximate surface area is 93.0 Å². The van der Waals surface area contributed by atoms with Crippen LogP contribution in [0.3, 0.4) is 0 Å². The van der Waals surface area contributed by atoms with Crippen molar-refractivity contribution in [1.82, 2.24) is 0 Å². The van der Waals surface area contributed by atoms with Gasteiger partial charge in [0.05, 0.1) is 12.5 Å². The topological polar surface area (TPSA) is 46.5 Å². The number of terminal acetylenes is 1. The van der Waals surface area contributed by atoms with E-state index in [1.165, 1.54) is 0 Å². The molecule has 0 saturated heterocycles. The zero-order chi connectivity index (χ0) is 11.3. The van der Waals surface area contributed by atoms with Gasteiger partial charge in [0, 0.05) is 17.4 Å². The van der Waals surface area contributed by atoms with E-state index in [2.05, 4.69) is 5.92 Å². The highest BCUT2D eigenvalue weighted by molar-refractivity contribution is 5.77. The molecule has 1 N–H and O–H groups in total. The molecule has 1 aromatic rings. The van der Waals surface area contributed by atoms with Crippen LogP contribution < -0.4 is 4.74 Å². The smallest absolute Gasteiger partial charge is 0.307 e. The van der Waals surface area contributed by atoms with Crippen molar-refractivity contribution in [3.8, 4) is 18.1 Å². The molecule has 1 heterocycles. The monoisotopic (exact) mass is 214 g/mol. The second-order valence-electron chi connectivity index (χ2n) is 4.26. The van der Waals surface area contributed by atoms with Crippen molar-refractivity contribution < 1.29 is 14.6 Å².